The number of nitrogens with zero attached hydrogens (tertiary/aromatic N) is 2. The fraction of sp³-hybridized carbons (Fsp3) is 0.355. The molecule has 1 aliphatic carbocycles. The smallest absolute Gasteiger partial charge is 0.244 e. The highest BCUT2D eigenvalue weighted by molar-refractivity contribution is 7.92. The molecule has 1 N–H and O–H groups in total. The molecule has 1 atom stereocenters. The van der Waals surface area contributed by atoms with Crippen LogP contribution in [0.2, 0.25) is 10.0 Å². The molecule has 218 valence electrons. The molecule has 1 saturated carbocycles. The van der Waals surface area contributed by atoms with Crippen LogP contribution >= 0.6 is 23.2 Å². The summed E-state index contributed by atoms with van der Waals surface area (Å²) in [6.45, 7) is 1.22. The number of hydrogen-bond acceptors (Lipinski definition) is 4. The first-order valence-corrected chi connectivity index (χ1v) is 16.2. The third-order valence-corrected chi connectivity index (χ3v) is 9.36. The molecule has 10 heteroatoms. The number of hydrogen-bond donors (Lipinski definition) is 1. The molecule has 7 nitrogen and oxygen atoms in total. The van der Waals surface area contributed by atoms with Crippen LogP contribution in [-0.2, 0) is 32.6 Å². The molecule has 0 aliphatic heterocycles. The second-order valence-electron chi connectivity index (χ2n) is 10.5. The Morgan fingerprint density at radius 2 is 1.56 bits per heavy atom. The van der Waals surface area contributed by atoms with Crippen LogP contribution in [0.4, 0.5) is 5.69 Å². The molecule has 0 saturated heterocycles. The zero-order valence-corrected chi connectivity index (χ0v) is 25.6. The lowest BCUT2D eigenvalue weighted by Crippen LogP contribution is -2.54. The number of nitrogens with one attached hydrogen (secondary N) is 1. The molecule has 0 heterocycles. The van der Waals surface area contributed by atoms with Crippen molar-refractivity contribution < 1.29 is 18.0 Å². The highest BCUT2D eigenvalue weighted by Gasteiger charge is 2.34. The first-order chi connectivity index (χ1) is 19.5. The number of benzene rings is 3. The van der Waals surface area contributed by atoms with E-state index in [-0.39, 0.29) is 24.9 Å². The number of amides is 2. The Morgan fingerprint density at radius 3 is 2.22 bits per heavy atom. The Labute approximate surface area is 252 Å². The van der Waals surface area contributed by atoms with Gasteiger partial charge in [-0.1, -0.05) is 90.6 Å². The third-order valence-electron chi connectivity index (χ3n) is 7.46. The maximum atomic E-state index is 14.2. The summed E-state index contributed by atoms with van der Waals surface area (Å²) >= 11 is 12.8. The van der Waals surface area contributed by atoms with Crippen molar-refractivity contribution in [1.82, 2.24) is 10.2 Å². The molecule has 0 bridgehead atoms. The van der Waals surface area contributed by atoms with Gasteiger partial charge < -0.3 is 10.2 Å². The van der Waals surface area contributed by atoms with Crippen molar-refractivity contribution >= 4 is 50.7 Å². The average molecular weight is 617 g/mol. The molecule has 41 heavy (non-hydrogen) atoms. The quantitative estimate of drug-likeness (QED) is 0.297. The molecule has 3 aromatic carbocycles. The first-order valence-electron chi connectivity index (χ1n) is 13.6. The molecular weight excluding hydrogens is 581 g/mol. The van der Waals surface area contributed by atoms with Crippen molar-refractivity contribution in [2.24, 2.45) is 0 Å². The van der Waals surface area contributed by atoms with Crippen molar-refractivity contribution in [1.29, 1.82) is 0 Å². The number of carbonyl (C=O) groups is 2. The standard InChI is InChI=1S/C31H35Cl2N3O4S/c1-22-26(32)17-10-18-28(22)36(41(2,39)40)21-30(37)35(20-24-13-6-9-16-27(24)33)29(19-23-11-4-3-5-12-23)31(38)34-25-14-7-8-15-25/h3-6,9-13,16-18,25,29H,7-8,14-15,19-21H2,1-2H3,(H,34,38)/t29-/m1/s1. The molecule has 2 amide bonds. The third kappa shape index (κ3) is 8.03. The summed E-state index contributed by atoms with van der Waals surface area (Å²) in [5.74, 6) is -0.803. The summed E-state index contributed by atoms with van der Waals surface area (Å²) in [7, 11) is -3.89. The number of anilines is 1. The summed E-state index contributed by atoms with van der Waals surface area (Å²) in [5.41, 5.74) is 2.37. The van der Waals surface area contributed by atoms with Crippen molar-refractivity contribution in [3.05, 3.63) is 99.5 Å². The fourth-order valence-corrected chi connectivity index (χ4v) is 6.46. The van der Waals surface area contributed by atoms with Gasteiger partial charge in [0, 0.05) is 29.1 Å². The molecule has 3 aromatic rings. The number of halogens is 2. The van der Waals surface area contributed by atoms with Gasteiger partial charge in [0.05, 0.1) is 11.9 Å². The molecule has 0 unspecified atom stereocenters. The van der Waals surface area contributed by atoms with Crippen LogP contribution in [0.1, 0.15) is 42.4 Å². The van der Waals surface area contributed by atoms with Gasteiger partial charge in [0.2, 0.25) is 21.8 Å². The van der Waals surface area contributed by atoms with Crippen molar-refractivity contribution in [3.8, 4) is 0 Å². The Balaban J connectivity index is 1.75. The zero-order chi connectivity index (χ0) is 29.6. The van der Waals surface area contributed by atoms with Crippen LogP contribution in [0, 0.1) is 6.92 Å². The Bertz CT molecular complexity index is 1480. The van der Waals surface area contributed by atoms with E-state index in [0.29, 0.717) is 26.9 Å². The molecular formula is C31H35Cl2N3O4S. The van der Waals surface area contributed by atoms with E-state index in [9.17, 15) is 18.0 Å². The highest BCUT2D eigenvalue weighted by atomic mass is 35.5. The number of sulfonamides is 1. The molecule has 1 aliphatic rings. The predicted molar refractivity (Wildman–Crippen MR) is 165 cm³/mol. The lowest BCUT2D eigenvalue weighted by atomic mass is 10.0. The molecule has 0 spiro atoms. The molecule has 0 aromatic heterocycles. The zero-order valence-electron chi connectivity index (χ0n) is 23.2. The van der Waals surface area contributed by atoms with Gasteiger partial charge in [-0.15, -0.1) is 0 Å². The Morgan fingerprint density at radius 1 is 0.927 bits per heavy atom. The summed E-state index contributed by atoms with van der Waals surface area (Å²) in [5, 5.41) is 3.99. The van der Waals surface area contributed by atoms with Crippen molar-refractivity contribution in [2.75, 3.05) is 17.1 Å². The van der Waals surface area contributed by atoms with Gasteiger partial charge in [-0.25, -0.2) is 8.42 Å². The van der Waals surface area contributed by atoms with Crippen LogP contribution in [0.25, 0.3) is 0 Å². The van der Waals surface area contributed by atoms with Crippen LogP contribution in [-0.4, -0.2) is 50.0 Å². The number of rotatable bonds is 11. The van der Waals surface area contributed by atoms with Crippen LogP contribution in [0.3, 0.4) is 0 Å². The van der Waals surface area contributed by atoms with E-state index in [2.05, 4.69) is 5.32 Å². The van der Waals surface area contributed by atoms with Crippen LogP contribution in [0.5, 0.6) is 0 Å². The average Bonchev–Trinajstić information content (AvgIpc) is 3.45. The maximum Gasteiger partial charge on any atom is 0.244 e. The molecule has 4 rings (SSSR count). The summed E-state index contributed by atoms with van der Waals surface area (Å²) in [6, 6.07) is 20.7. The fourth-order valence-electron chi connectivity index (χ4n) is 5.19. The highest BCUT2D eigenvalue weighted by Crippen LogP contribution is 2.29. The summed E-state index contributed by atoms with van der Waals surface area (Å²) in [4.78, 5) is 29.6. The van der Waals surface area contributed by atoms with Crippen molar-refractivity contribution in [3.63, 3.8) is 0 Å². The molecule has 1 fully saturated rings. The van der Waals surface area contributed by atoms with E-state index < -0.39 is 28.5 Å². The predicted octanol–water partition coefficient (Wildman–Crippen LogP) is 5.77. The Kier molecular flexibility index (Phi) is 10.3. The maximum absolute atomic E-state index is 14.2. The SMILES string of the molecule is Cc1c(Cl)cccc1N(CC(=O)N(Cc1ccccc1Cl)[C@H](Cc1ccccc1)C(=O)NC1CCCC1)S(C)(=O)=O. The second kappa shape index (κ2) is 13.7. The topological polar surface area (TPSA) is 86.8 Å². The second-order valence-corrected chi connectivity index (χ2v) is 13.2. The van der Waals surface area contributed by atoms with E-state index in [1.54, 1.807) is 43.3 Å². The van der Waals surface area contributed by atoms with E-state index in [0.717, 1.165) is 41.8 Å². The van der Waals surface area contributed by atoms with Gasteiger partial charge in [0.15, 0.2) is 0 Å². The van der Waals surface area contributed by atoms with Crippen molar-refractivity contribution in [2.45, 2.75) is 57.7 Å². The first kappa shape index (κ1) is 30.9. The van der Waals surface area contributed by atoms with Gasteiger partial charge in [-0.05, 0) is 54.7 Å². The largest absolute Gasteiger partial charge is 0.352 e. The minimum absolute atomic E-state index is 0.0280. The van der Waals surface area contributed by atoms with E-state index in [1.807, 2.05) is 36.4 Å². The lowest BCUT2D eigenvalue weighted by Gasteiger charge is -2.34. The van der Waals surface area contributed by atoms with E-state index in [1.165, 1.54) is 4.90 Å². The monoisotopic (exact) mass is 615 g/mol. The van der Waals surface area contributed by atoms with Gasteiger partial charge in [-0.3, -0.25) is 13.9 Å². The number of carbonyl (C=O) groups excluding carboxylic acids is 2. The Hall–Kier alpha value is -3.07. The van der Waals surface area contributed by atoms with E-state index in [4.69, 9.17) is 23.2 Å². The minimum Gasteiger partial charge on any atom is -0.352 e. The van der Waals surface area contributed by atoms with Crippen LogP contribution < -0.4 is 9.62 Å². The summed E-state index contributed by atoms with van der Waals surface area (Å²) < 4.78 is 27.1. The van der Waals surface area contributed by atoms with E-state index >= 15 is 0 Å². The van der Waals surface area contributed by atoms with Gasteiger partial charge >= 0.3 is 0 Å². The molecule has 0 radical (unpaired) electrons. The summed E-state index contributed by atoms with van der Waals surface area (Å²) in [6.07, 6.45) is 5.16. The van der Waals surface area contributed by atoms with Gasteiger partial charge in [0.25, 0.3) is 0 Å². The van der Waals surface area contributed by atoms with Gasteiger partial charge in [-0.2, -0.15) is 0 Å². The minimum atomic E-state index is -3.89. The van der Waals surface area contributed by atoms with Crippen LogP contribution in [0.15, 0.2) is 72.8 Å². The normalized spacial score (nSPS) is 14.4. The van der Waals surface area contributed by atoms with Gasteiger partial charge in [0.1, 0.15) is 12.6 Å². The lowest BCUT2D eigenvalue weighted by molar-refractivity contribution is -0.140.